The number of nitrogens with zero attached hydrogens (tertiary/aromatic N) is 1. The molecule has 3 aromatic rings. The molecule has 4 rings (SSSR count). The summed E-state index contributed by atoms with van der Waals surface area (Å²) in [5.41, 5.74) is 3.77. The summed E-state index contributed by atoms with van der Waals surface area (Å²) >= 11 is 0. The predicted octanol–water partition coefficient (Wildman–Crippen LogP) is 2.60. The maximum Gasteiger partial charge on any atom is 0.258 e. The van der Waals surface area contributed by atoms with Crippen molar-refractivity contribution < 1.29 is 0 Å². The van der Waals surface area contributed by atoms with E-state index in [4.69, 9.17) is 0 Å². The normalized spacial score (nSPS) is 13.0. The Kier molecular flexibility index (Phi) is 1.47. The first-order valence-electron chi connectivity index (χ1n) is 5.79. The average molecular weight is 221 g/mol. The third-order valence-corrected chi connectivity index (χ3v) is 3.81. The average Bonchev–Trinajstić information content (AvgIpc) is 2.73. The highest BCUT2D eigenvalue weighted by Gasteiger charge is 2.19. The van der Waals surface area contributed by atoms with E-state index in [0.717, 1.165) is 17.3 Å². The summed E-state index contributed by atoms with van der Waals surface area (Å²) in [6.07, 6.45) is 0.952. The number of hydrogen-bond acceptors (Lipinski definition) is 1. The van der Waals surface area contributed by atoms with Crippen LogP contribution in [0.5, 0.6) is 0 Å². The van der Waals surface area contributed by atoms with Crippen LogP contribution in [0.4, 0.5) is 0 Å². The lowest BCUT2D eigenvalue weighted by Crippen LogP contribution is -2.17. The Balaban J connectivity index is 2.50. The second kappa shape index (κ2) is 2.77. The van der Waals surface area contributed by atoms with Crippen molar-refractivity contribution in [1.29, 1.82) is 0 Å². The molecule has 2 nitrogen and oxygen atoms in total. The molecule has 0 amide bonds. The lowest BCUT2D eigenvalue weighted by molar-refractivity contribution is 0.918. The highest BCUT2D eigenvalue weighted by atomic mass is 16.1. The lowest BCUT2D eigenvalue weighted by Gasteiger charge is -2.07. The monoisotopic (exact) mass is 221 g/mol. The van der Waals surface area contributed by atoms with Gasteiger partial charge in [-0.05, 0) is 29.7 Å². The van der Waals surface area contributed by atoms with E-state index in [1.54, 1.807) is 4.57 Å². The standard InChI is InChI=1S/C15H11NO/c1-16-12-7-3-5-10-8-9-4-2-6-11(15(16)17)13(9)14(10)12/h2-7H,8H2,1H3. The third kappa shape index (κ3) is 0.936. The van der Waals surface area contributed by atoms with Crippen LogP contribution in [0.2, 0.25) is 0 Å². The van der Waals surface area contributed by atoms with Gasteiger partial charge in [0.05, 0.1) is 5.52 Å². The lowest BCUT2D eigenvalue weighted by atomic mass is 10.1. The maximum atomic E-state index is 12.3. The second-order valence-electron chi connectivity index (χ2n) is 4.69. The topological polar surface area (TPSA) is 22.0 Å². The second-order valence-corrected chi connectivity index (χ2v) is 4.69. The molecule has 1 aliphatic rings. The molecule has 1 aromatic heterocycles. The van der Waals surface area contributed by atoms with E-state index in [1.807, 2.05) is 31.3 Å². The zero-order chi connectivity index (χ0) is 11.6. The van der Waals surface area contributed by atoms with Gasteiger partial charge in [-0.15, -0.1) is 0 Å². The van der Waals surface area contributed by atoms with Crippen LogP contribution in [-0.2, 0) is 13.5 Å². The Morgan fingerprint density at radius 1 is 1.00 bits per heavy atom. The largest absolute Gasteiger partial charge is 0.311 e. The van der Waals surface area contributed by atoms with E-state index in [0.29, 0.717) is 0 Å². The summed E-state index contributed by atoms with van der Waals surface area (Å²) < 4.78 is 1.76. The molecule has 0 saturated heterocycles. The van der Waals surface area contributed by atoms with E-state index in [1.165, 1.54) is 21.9 Å². The van der Waals surface area contributed by atoms with E-state index in [2.05, 4.69) is 12.1 Å². The minimum atomic E-state index is 0.105. The molecule has 0 aliphatic heterocycles. The molecular weight excluding hydrogens is 210 g/mol. The fraction of sp³-hybridized carbons (Fsp3) is 0.133. The van der Waals surface area contributed by atoms with Crippen LogP contribution < -0.4 is 5.56 Å². The molecule has 0 radical (unpaired) electrons. The number of aromatic nitrogens is 1. The molecule has 82 valence electrons. The molecule has 2 aromatic carbocycles. The van der Waals surface area contributed by atoms with Crippen molar-refractivity contribution in [3.63, 3.8) is 0 Å². The van der Waals surface area contributed by atoms with Crippen LogP contribution in [-0.4, -0.2) is 4.57 Å². The Labute approximate surface area is 98.1 Å². The molecule has 1 heterocycles. The molecule has 0 bridgehead atoms. The summed E-state index contributed by atoms with van der Waals surface area (Å²) in [5.74, 6) is 0. The molecule has 0 unspecified atom stereocenters. The van der Waals surface area contributed by atoms with Crippen molar-refractivity contribution in [3.8, 4) is 0 Å². The Hall–Kier alpha value is -2.09. The van der Waals surface area contributed by atoms with Gasteiger partial charge < -0.3 is 4.57 Å². The molecule has 0 atom stereocenters. The Morgan fingerprint density at radius 3 is 2.53 bits per heavy atom. The van der Waals surface area contributed by atoms with Crippen molar-refractivity contribution in [3.05, 3.63) is 57.9 Å². The van der Waals surface area contributed by atoms with Crippen molar-refractivity contribution in [2.75, 3.05) is 0 Å². The van der Waals surface area contributed by atoms with E-state index in [9.17, 15) is 4.79 Å². The van der Waals surface area contributed by atoms with Gasteiger partial charge in [-0.1, -0.05) is 24.3 Å². The van der Waals surface area contributed by atoms with Crippen molar-refractivity contribution in [1.82, 2.24) is 4.57 Å². The zero-order valence-electron chi connectivity index (χ0n) is 9.53. The number of aryl methyl sites for hydroxylation is 1. The quantitative estimate of drug-likeness (QED) is 0.418. The molecule has 0 saturated carbocycles. The first-order valence-corrected chi connectivity index (χ1v) is 5.79. The van der Waals surface area contributed by atoms with Crippen molar-refractivity contribution >= 4 is 21.7 Å². The van der Waals surface area contributed by atoms with Crippen LogP contribution in [0.15, 0.2) is 41.2 Å². The fourth-order valence-electron chi connectivity index (χ4n) is 3.02. The van der Waals surface area contributed by atoms with Gasteiger partial charge in [0.15, 0.2) is 0 Å². The zero-order valence-corrected chi connectivity index (χ0v) is 9.53. The number of hydrogen-bond donors (Lipinski definition) is 0. The van der Waals surface area contributed by atoms with Crippen molar-refractivity contribution in [2.45, 2.75) is 6.42 Å². The van der Waals surface area contributed by atoms with Crippen molar-refractivity contribution in [2.24, 2.45) is 7.05 Å². The van der Waals surface area contributed by atoms with Crippen LogP contribution in [0.25, 0.3) is 21.7 Å². The number of benzene rings is 2. The van der Waals surface area contributed by atoms with Gasteiger partial charge in [-0.3, -0.25) is 4.79 Å². The number of rotatable bonds is 0. The van der Waals surface area contributed by atoms with Gasteiger partial charge in [-0.2, -0.15) is 0 Å². The smallest absolute Gasteiger partial charge is 0.258 e. The van der Waals surface area contributed by atoms with Crippen LogP contribution >= 0.6 is 0 Å². The molecule has 17 heavy (non-hydrogen) atoms. The third-order valence-electron chi connectivity index (χ3n) is 3.81. The van der Waals surface area contributed by atoms with Crippen LogP contribution in [0, 0.1) is 0 Å². The minimum absolute atomic E-state index is 0.105. The van der Waals surface area contributed by atoms with Crippen LogP contribution in [0.1, 0.15) is 11.1 Å². The molecule has 0 fully saturated rings. The summed E-state index contributed by atoms with van der Waals surface area (Å²) in [7, 11) is 1.85. The van der Waals surface area contributed by atoms with Gasteiger partial charge >= 0.3 is 0 Å². The van der Waals surface area contributed by atoms with Gasteiger partial charge in [-0.25, -0.2) is 0 Å². The Bertz CT molecular complexity index is 843. The maximum absolute atomic E-state index is 12.3. The van der Waals surface area contributed by atoms with Crippen LogP contribution in [0.3, 0.4) is 0 Å². The summed E-state index contributed by atoms with van der Waals surface area (Å²) in [5, 5.41) is 3.28. The fourth-order valence-corrected chi connectivity index (χ4v) is 3.02. The molecule has 2 heteroatoms. The first kappa shape index (κ1) is 8.99. The first-order chi connectivity index (χ1) is 8.27. The molecular formula is C15H11NO. The summed E-state index contributed by atoms with van der Waals surface area (Å²) in [6, 6.07) is 12.3. The minimum Gasteiger partial charge on any atom is -0.311 e. The molecule has 0 spiro atoms. The SMILES string of the molecule is Cn1c(=O)c2cccc3c2c2c(cccc21)C3. The predicted molar refractivity (Wildman–Crippen MR) is 69.5 cm³/mol. The van der Waals surface area contributed by atoms with Gasteiger partial charge in [0.1, 0.15) is 0 Å². The van der Waals surface area contributed by atoms with Gasteiger partial charge in [0.2, 0.25) is 0 Å². The highest BCUT2D eigenvalue weighted by Crippen LogP contribution is 2.35. The highest BCUT2D eigenvalue weighted by molar-refractivity contribution is 6.11. The summed E-state index contributed by atoms with van der Waals surface area (Å²) in [6.45, 7) is 0. The molecule has 0 N–H and O–H groups in total. The Morgan fingerprint density at radius 2 is 1.71 bits per heavy atom. The summed E-state index contributed by atoms with van der Waals surface area (Å²) in [4.78, 5) is 12.3. The number of pyridine rings is 1. The van der Waals surface area contributed by atoms with Gasteiger partial charge in [0.25, 0.3) is 5.56 Å². The van der Waals surface area contributed by atoms with E-state index >= 15 is 0 Å². The van der Waals surface area contributed by atoms with Gasteiger partial charge in [0, 0.05) is 23.2 Å². The van der Waals surface area contributed by atoms with E-state index in [-0.39, 0.29) is 5.56 Å². The van der Waals surface area contributed by atoms with E-state index < -0.39 is 0 Å². The molecule has 1 aliphatic carbocycles.